The number of nitrogens with zero attached hydrogens (tertiary/aromatic N) is 2. The van der Waals surface area contributed by atoms with E-state index in [1.54, 1.807) is 12.1 Å². The second-order valence-electron chi connectivity index (χ2n) is 21.2. The summed E-state index contributed by atoms with van der Waals surface area (Å²) >= 11 is 0. The number of carboxylic acids is 1. The highest BCUT2D eigenvalue weighted by Gasteiger charge is 2.63. The number of rotatable bonds is 17. The molecule has 4 aromatic carbocycles. The van der Waals surface area contributed by atoms with E-state index in [0.717, 1.165) is 82.5 Å². The molecule has 10 nitrogen and oxygen atoms in total. The molecule has 0 bridgehead atoms. The Kier molecular flexibility index (Phi) is 16.4. The smallest absolute Gasteiger partial charge is 0.309 e. The predicted molar refractivity (Wildman–Crippen MR) is 294 cm³/mol. The minimum absolute atomic E-state index is 0. The lowest BCUT2D eigenvalue weighted by molar-refractivity contribution is -0.145. The summed E-state index contributed by atoms with van der Waals surface area (Å²) in [6.45, 7) is 19.1. The van der Waals surface area contributed by atoms with Crippen molar-refractivity contribution in [3.63, 3.8) is 0 Å². The number of aryl methyl sites for hydroxylation is 2. The molecule has 0 radical (unpaired) electrons. The normalized spacial score (nSPS) is 19.4. The van der Waals surface area contributed by atoms with E-state index in [1.807, 2.05) is 81.5 Å². The first-order valence-corrected chi connectivity index (χ1v) is 25.3. The SMILES string of the molecule is C.C.C=CC(C)(C)c1cc(COc2ccc3c(c2)[C@]2(CC3)C[C@H]2C(=O)O)ccc1-c1cc(OC)ncc1F.C=CC(C)(C)c1cc(COc2ccc3c(c2)[C@]2(CC3)C[C@H]2C(=O)OCC)ccc1-c1cc(OC)ncc1F. The van der Waals surface area contributed by atoms with Gasteiger partial charge in [0.25, 0.3) is 0 Å². The van der Waals surface area contributed by atoms with Crippen molar-refractivity contribution in [3.8, 4) is 45.5 Å². The van der Waals surface area contributed by atoms with Gasteiger partial charge in [0.15, 0.2) is 0 Å². The Hall–Kier alpha value is -7.34. The minimum Gasteiger partial charge on any atom is -0.489 e. The monoisotopic (exact) mass is 1030 g/mol. The first kappa shape index (κ1) is 56.4. The molecule has 2 saturated carbocycles. The summed E-state index contributed by atoms with van der Waals surface area (Å²) in [5.74, 6) is 0.212. The average molecular weight is 1040 g/mol. The number of fused-ring (bicyclic) bond motifs is 4. The maximum atomic E-state index is 14.8. The Morgan fingerprint density at radius 3 is 1.49 bits per heavy atom. The Morgan fingerprint density at radius 1 is 0.658 bits per heavy atom. The van der Waals surface area contributed by atoms with Crippen molar-refractivity contribution in [2.45, 2.75) is 123 Å². The first-order chi connectivity index (χ1) is 35.4. The summed E-state index contributed by atoms with van der Waals surface area (Å²) in [5, 5.41) is 9.52. The van der Waals surface area contributed by atoms with E-state index >= 15 is 0 Å². The number of esters is 1. The minimum atomic E-state index is -0.713. The van der Waals surface area contributed by atoms with Crippen molar-refractivity contribution >= 4 is 11.9 Å². The fourth-order valence-electron chi connectivity index (χ4n) is 11.2. The van der Waals surface area contributed by atoms with E-state index in [4.69, 9.17) is 23.7 Å². The highest BCUT2D eigenvalue weighted by Crippen LogP contribution is 2.63. The molecule has 1 N–H and O–H groups in total. The second-order valence-corrected chi connectivity index (χ2v) is 21.2. The molecule has 0 amide bonds. The third-order valence-corrected chi connectivity index (χ3v) is 16.0. The molecule has 2 heterocycles. The van der Waals surface area contributed by atoms with Gasteiger partial charge in [-0.15, -0.1) is 13.2 Å². The van der Waals surface area contributed by atoms with Crippen LogP contribution in [0.4, 0.5) is 8.78 Å². The number of carboxylic acid groups (broad SMARTS) is 1. The topological polar surface area (TPSA) is 126 Å². The molecule has 4 aliphatic rings. The second kappa shape index (κ2) is 22.1. The number of hydrogen-bond donors (Lipinski definition) is 1. The van der Waals surface area contributed by atoms with Crippen LogP contribution in [0.15, 0.2) is 123 Å². The Balaban J connectivity index is 0.000000216. The van der Waals surface area contributed by atoms with E-state index in [-0.39, 0.29) is 43.5 Å². The van der Waals surface area contributed by atoms with Gasteiger partial charge in [0.05, 0.1) is 45.1 Å². The third-order valence-electron chi connectivity index (χ3n) is 16.0. The van der Waals surface area contributed by atoms with Gasteiger partial charge in [0.1, 0.15) is 36.3 Å². The molecule has 400 valence electrons. The van der Waals surface area contributed by atoms with Crippen molar-refractivity contribution in [1.82, 2.24) is 9.97 Å². The highest BCUT2D eigenvalue weighted by molar-refractivity contribution is 5.80. The molecular weight excluding hydrogens is 963 g/mol. The van der Waals surface area contributed by atoms with Crippen LogP contribution in [0.2, 0.25) is 0 Å². The van der Waals surface area contributed by atoms with Gasteiger partial charge in [-0.1, -0.05) is 103 Å². The molecule has 0 saturated heterocycles. The molecule has 2 fully saturated rings. The van der Waals surface area contributed by atoms with Crippen LogP contribution in [-0.4, -0.2) is 47.8 Å². The number of ether oxygens (including phenoxy) is 5. The highest BCUT2D eigenvalue weighted by atomic mass is 19.1. The quantitative estimate of drug-likeness (QED) is 0.0697. The molecule has 0 unspecified atom stereocenters. The van der Waals surface area contributed by atoms with Gasteiger partial charge < -0.3 is 28.8 Å². The molecular formula is C64H72F2N2O8. The van der Waals surface area contributed by atoms with Crippen LogP contribution >= 0.6 is 0 Å². The van der Waals surface area contributed by atoms with Gasteiger partial charge in [-0.25, -0.2) is 18.7 Å². The summed E-state index contributed by atoms with van der Waals surface area (Å²) < 4.78 is 57.8. The van der Waals surface area contributed by atoms with Crippen LogP contribution in [0.3, 0.4) is 0 Å². The number of aromatic nitrogens is 2. The lowest BCUT2D eigenvalue weighted by Gasteiger charge is -2.25. The zero-order valence-electron chi connectivity index (χ0n) is 43.3. The summed E-state index contributed by atoms with van der Waals surface area (Å²) in [6, 6.07) is 27.3. The van der Waals surface area contributed by atoms with Gasteiger partial charge in [0.2, 0.25) is 11.8 Å². The third kappa shape index (κ3) is 10.7. The van der Waals surface area contributed by atoms with Gasteiger partial charge in [-0.3, -0.25) is 9.59 Å². The lowest BCUT2D eigenvalue weighted by atomic mass is 9.79. The van der Waals surface area contributed by atoms with Crippen LogP contribution in [-0.2, 0) is 62.0 Å². The van der Waals surface area contributed by atoms with Crippen molar-refractivity contribution in [2.24, 2.45) is 11.8 Å². The molecule has 76 heavy (non-hydrogen) atoms. The fraction of sp³-hybridized carbons (Fsp3) is 0.375. The van der Waals surface area contributed by atoms with E-state index in [0.29, 0.717) is 49.1 Å². The number of carbonyl (C=O) groups is 2. The van der Waals surface area contributed by atoms with Gasteiger partial charge in [-0.2, -0.15) is 0 Å². The Morgan fingerprint density at radius 2 is 1.09 bits per heavy atom. The first-order valence-electron chi connectivity index (χ1n) is 25.3. The van der Waals surface area contributed by atoms with E-state index in [2.05, 4.69) is 61.2 Å². The Bertz CT molecular complexity index is 3180. The van der Waals surface area contributed by atoms with E-state index in [1.165, 1.54) is 43.3 Å². The van der Waals surface area contributed by atoms with Crippen molar-refractivity contribution < 1.29 is 47.2 Å². The zero-order chi connectivity index (χ0) is 52.7. The number of aliphatic carboxylic acids is 1. The van der Waals surface area contributed by atoms with Crippen LogP contribution < -0.4 is 18.9 Å². The van der Waals surface area contributed by atoms with Crippen LogP contribution in [0.1, 0.15) is 120 Å². The molecule has 6 aromatic rings. The standard InChI is InChI=1S/C32H34FNO4.C30H30FNO4.2CH4/c1-6-31(3,4)26-14-20(8-11-23(26)24-16-29(36-5)34-18-28(24)33)19-38-22-10-9-21-12-13-32(25(21)15-22)17-27(32)30(35)37-7-2;1-5-29(2,3)24-12-18(6-9-21(24)22-14-27(35-4)32-16-26(22)31)17-36-20-8-7-19-10-11-30(23(19)13-20)15-25(30)28(33)34;;/h6,8-11,14-16,18,27H,1,7,12-13,17,19H2,2-5H3;5-9,12-14,16,25H,1,10-11,15,17H2,2-4H3,(H,33,34);2*1H4/t27-,32-;25-,30-;;/m00../s1. The molecule has 4 atom stereocenters. The molecule has 4 aliphatic carbocycles. The average Bonchev–Trinajstić information content (AvgIpc) is 4.38. The number of allylic oxidation sites excluding steroid dienone is 2. The maximum Gasteiger partial charge on any atom is 0.309 e. The van der Waals surface area contributed by atoms with Crippen molar-refractivity contribution in [2.75, 3.05) is 20.8 Å². The zero-order valence-corrected chi connectivity index (χ0v) is 43.3. The van der Waals surface area contributed by atoms with Crippen LogP contribution in [0.5, 0.6) is 23.3 Å². The van der Waals surface area contributed by atoms with Gasteiger partial charge in [-0.05, 0) is 125 Å². The van der Waals surface area contributed by atoms with Crippen molar-refractivity contribution in [1.29, 1.82) is 0 Å². The predicted octanol–water partition coefficient (Wildman–Crippen LogP) is 14.2. The number of carbonyl (C=O) groups excluding carboxylic acids is 1. The fourth-order valence-corrected chi connectivity index (χ4v) is 11.2. The van der Waals surface area contributed by atoms with E-state index in [9.17, 15) is 23.5 Å². The number of hydrogen-bond acceptors (Lipinski definition) is 9. The molecule has 2 aromatic heterocycles. The molecule has 2 spiro atoms. The summed E-state index contributed by atoms with van der Waals surface area (Å²) in [5.41, 5.74) is 9.80. The Labute approximate surface area is 447 Å². The molecule has 0 aliphatic heterocycles. The largest absolute Gasteiger partial charge is 0.489 e. The lowest BCUT2D eigenvalue weighted by Crippen LogP contribution is -2.16. The molecule has 10 rings (SSSR count). The maximum absolute atomic E-state index is 14.8. The van der Waals surface area contributed by atoms with Gasteiger partial charge >= 0.3 is 11.9 Å². The number of pyridine rings is 2. The van der Waals surface area contributed by atoms with Crippen LogP contribution in [0, 0.1) is 23.5 Å². The van der Waals surface area contributed by atoms with E-state index < -0.39 is 28.4 Å². The van der Waals surface area contributed by atoms with Gasteiger partial charge in [0, 0.05) is 44.9 Å². The summed E-state index contributed by atoms with van der Waals surface area (Å²) in [4.78, 5) is 31.9. The van der Waals surface area contributed by atoms with Crippen molar-refractivity contribution in [3.05, 3.63) is 179 Å². The number of halogens is 2. The summed E-state index contributed by atoms with van der Waals surface area (Å²) in [7, 11) is 3.02. The summed E-state index contributed by atoms with van der Waals surface area (Å²) in [6.07, 6.45) is 11.4. The molecule has 12 heteroatoms. The number of methoxy groups -OCH3 is 2. The van der Waals surface area contributed by atoms with Crippen LogP contribution in [0.25, 0.3) is 22.3 Å². The number of benzene rings is 4.